The van der Waals surface area contributed by atoms with Crippen molar-refractivity contribution in [2.24, 2.45) is 5.92 Å². The number of piperidine rings is 1. The van der Waals surface area contributed by atoms with Gasteiger partial charge < -0.3 is 19.8 Å². The largest absolute Gasteiger partial charge is 0.416 e. The topological polar surface area (TPSA) is 52.9 Å². The molecule has 0 spiro atoms. The minimum absolute atomic E-state index is 0.0489. The number of aliphatic hydroxyl groups excluding tert-OH is 1. The van der Waals surface area contributed by atoms with E-state index in [0.29, 0.717) is 18.2 Å². The highest BCUT2D eigenvalue weighted by atomic mass is 19.4. The monoisotopic (exact) mass is 587 g/mol. The lowest BCUT2D eigenvalue weighted by molar-refractivity contribution is -0.143. The van der Waals surface area contributed by atoms with Crippen molar-refractivity contribution in [3.05, 3.63) is 70.8 Å². The van der Waals surface area contributed by atoms with E-state index in [1.165, 1.54) is 0 Å². The average molecular weight is 588 g/mol. The molecule has 2 N–H and O–H groups in total. The Kier molecular flexibility index (Phi) is 9.48. The van der Waals surface area contributed by atoms with Crippen LogP contribution in [0.4, 0.5) is 26.3 Å². The van der Waals surface area contributed by atoms with Crippen LogP contribution in [-0.2, 0) is 22.5 Å². The number of hydrogen-bond donors (Lipinski definition) is 2. The first-order valence-corrected chi connectivity index (χ1v) is 14.2. The lowest BCUT2D eigenvalue weighted by Crippen LogP contribution is -2.49. The summed E-state index contributed by atoms with van der Waals surface area (Å²) in [5.74, 6) is 0.253. The summed E-state index contributed by atoms with van der Waals surface area (Å²) in [6, 6.07) is 11.3. The highest BCUT2D eigenvalue weighted by Gasteiger charge is 2.42. The van der Waals surface area contributed by atoms with E-state index in [-0.39, 0.29) is 24.2 Å². The molecular weight excluding hydrogens is 548 g/mol. The zero-order chi connectivity index (χ0) is 30.1. The van der Waals surface area contributed by atoms with E-state index < -0.39 is 47.2 Å². The summed E-state index contributed by atoms with van der Waals surface area (Å²) >= 11 is 0. The van der Waals surface area contributed by atoms with Crippen LogP contribution in [0.2, 0.25) is 0 Å². The van der Waals surface area contributed by atoms with Crippen LogP contribution >= 0.6 is 0 Å². The lowest BCUT2D eigenvalue weighted by Gasteiger charge is -2.47. The predicted octanol–water partition coefficient (Wildman–Crippen LogP) is 7.14. The normalized spacial score (nSPS) is 24.4. The Morgan fingerprint density at radius 1 is 0.878 bits per heavy atom. The summed E-state index contributed by atoms with van der Waals surface area (Å²) in [6.45, 7) is 4.79. The fraction of sp³-hybridized carbons (Fsp3) is 0.613. The summed E-state index contributed by atoms with van der Waals surface area (Å²) in [4.78, 5) is 2.47. The van der Waals surface area contributed by atoms with Gasteiger partial charge in [0.25, 0.3) is 0 Å². The lowest BCUT2D eigenvalue weighted by atomic mass is 9.68. The average Bonchev–Trinajstić information content (AvgIpc) is 2.93. The molecule has 2 aromatic carbocycles. The van der Waals surface area contributed by atoms with E-state index in [0.717, 1.165) is 57.2 Å². The fourth-order valence-electron chi connectivity index (χ4n) is 6.48. The Morgan fingerprint density at radius 2 is 1.41 bits per heavy atom. The predicted molar refractivity (Wildman–Crippen MR) is 143 cm³/mol. The summed E-state index contributed by atoms with van der Waals surface area (Å²) in [5.41, 5.74) is -3.43. The summed E-state index contributed by atoms with van der Waals surface area (Å²) in [7, 11) is 0. The van der Waals surface area contributed by atoms with Gasteiger partial charge in [0, 0.05) is 11.5 Å². The first kappa shape index (κ1) is 31.8. The number of nitrogens with zero attached hydrogens (tertiary/aromatic N) is 1. The molecule has 1 saturated carbocycles. The van der Waals surface area contributed by atoms with E-state index in [1.807, 2.05) is 44.2 Å². The maximum atomic E-state index is 13.4. The summed E-state index contributed by atoms with van der Waals surface area (Å²) < 4.78 is 86.7. The van der Waals surface area contributed by atoms with Gasteiger partial charge in [-0.15, -0.1) is 0 Å². The van der Waals surface area contributed by atoms with Gasteiger partial charge >= 0.3 is 12.4 Å². The van der Waals surface area contributed by atoms with E-state index in [1.54, 1.807) is 0 Å². The van der Waals surface area contributed by atoms with Gasteiger partial charge in [0.15, 0.2) is 0 Å². The molecule has 1 aliphatic carbocycles. The van der Waals surface area contributed by atoms with E-state index in [9.17, 15) is 36.6 Å². The van der Waals surface area contributed by atoms with Crippen LogP contribution < -0.4 is 0 Å². The molecule has 4 nitrogen and oxygen atoms in total. The number of benzene rings is 2. The zero-order valence-corrected chi connectivity index (χ0v) is 23.4. The number of hydrogen-bond acceptors (Lipinski definition) is 4. The van der Waals surface area contributed by atoms with Gasteiger partial charge in [0.05, 0.1) is 29.9 Å². The van der Waals surface area contributed by atoms with Crippen molar-refractivity contribution in [2.45, 2.75) is 87.9 Å². The maximum Gasteiger partial charge on any atom is 0.416 e. The minimum atomic E-state index is -4.99. The van der Waals surface area contributed by atoms with Crippen molar-refractivity contribution in [2.75, 3.05) is 26.3 Å². The molecule has 1 aliphatic heterocycles. The number of likely N-dealkylation sites (tertiary alicyclic amines) is 1. The highest BCUT2D eigenvalue weighted by molar-refractivity contribution is 5.35. The molecule has 1 saturated heterocycles. The second kappa shape index (κ2) is 12.2. The summed E-state index contributed by atoms with van der Waals surface area (Å²) in [5, 5.41) is 20.4. The van der Waals surface area contributed by atoms with Crippen molar-refractivity contribution < 1.29 is 41.3 Å². The first-order valence-electron chi connectivity index (χ1n) is 14.2. The van der Waals surface area contributed by atoms with Crippen LogP contribution in [0, 0.1) is 5.92 Å². The standard InChI is InChI=1S/C31H39F6NO3/c1-28(2,40)22-10-14-38(15-11-22)26-8-12-29(13-9-26,23-6-4-3-5-7-23)20-41-27(19-39)21-16-24(30(32,33)34)18-25(17-21)31(35,36)37/h3-7,16-18,22,26-27,39-40H,8-15,19-20H2,1-2H3. The molecule has 4 rings (SSSR count). The van der Waals surface area contributed by atoms with Gasteiger partial charge in [0.1, 0.15) is 6.10 Å². The van der Waals surface area contributed by atoms with Crippen LogP contribution in [0.3, 0.4) is 0 Å². The van der Waals surface area contributed by atoms with Crippen molar-refractivity contribution in [1.82, 2.24) is 4.90 Å². The van der Waals surface area contributed by atoms with Crippen LogP contribution in [0.15, 0.2) is 48.5 Å². The molecule has 2 fully saturated rings. The molecule has 1 unspecified atom stereocenters. The minimum Gasteiger partial charge on any atom is -0.393 e. The Labute approximate surface area is 237 Å². The van der Waals surface area contributed by atoms with Crippen molar-refractivity contribution >= 4 is 0 Å². The molecular formula is C31H39F6NO3. The number of aliphatic hydroxyl groups is 2. The maximum absolute atomic E-state index is 13.4. The van der Waals surface area contributed by atoms with Gasteiger partial charge in [-0.2, -0.15) is 26.3 Å². The Hall–Kier alpha value is -2.14. The molecule has 41 heavy (non-hydrogen) atoms. The Bertz CT molecular complexity index is 1100. The molecule has 1 heterocycles. The third-order valence-electron chi connectivity index (χ3n) is 9.05. The summed E-state index contributed by atoms with van der Waals surface area (Å²) in [6.07, 6.45) is -6.32. The number of rotatable bonds is 8. The second-order valence-corrected chi connectivity index (χ2v) is 12.2. The molecule has 0 bridgehead atoms. The van der Waals surface area contributed by atoms with Gasteiger partial charge in [-0.05, 0) is 101 Å². The molecule has 0 amide bonds. The van der Waals surface area contributed by atoms with Gasteiger partial charge in [0.2, 0.25) is 0 Å². The molecule has 2 aliphatic rings. The van der Waals surface area contributed by atoms with Crippen molar-refractivity contribution in [3.8, 4) is 0 Å². The third kappa shape index (κ3) is 7.63. The number of halogens is 6. The fourth-order valence-corrected chi connectivity index (χ4v) is 6.48. The highest BCUT2D eigenvalue weighted by Crippen LogP contribution is 2.44. The molecule has 0 radical (unpaired) electrons. The smallest absolute Gasteiger partial charge is 0.393 e. The van der Waals surface area contributed by atoms with Crippen LogP contribution in [-0.4, -0.2) is 53.1 Å². The van der Waals surface area contributed by atoms with E-state index >= 15 is 0 Å². The van der Waals surface area contributed by atoms with Gasteiger partial charge in [-0.1, -0.05) is 30.3 Å². The van der Waals surface area contributed by atoms with Crippen LogP contribution in [0.25, 0.3) is 0 Å². The zero-order valence-electron chi connectivity index (χ0n) is 23.4. The first-order chi connectivity index (χ1) is 19.1. The van der Waals surface area contributed by atoms with Crippen LogP contribution in [0.5, 0.6) is 0 Å². The SMILES string of the molecule is CC(C)(O)C1CCN(C2CCC(COC(CO)c3cc(C(F)(F)F)cc(C(F)(F)F)c3)(c3ccccc3)CC2)CC1. The van der Waals surface area contributed by atoms with E-state index in [2.05, 4.69) is 4.90 Å². The van der Waals surface area contributed by atoms with Crippen molar-refractivity contribution in [3.63, 3.8) is 0 Å². The van der Waals surface area contributed by atoms with Gasteiger partial charge in [-0.3, -0.25) is 0 Å². The molecule has 2 aromatic rings. The van der Waals surface area contributed by atoms with Crippen molar-refractivity contribution in [1.29, 1.82) is 0 Å². The van der Waals surface area contributed by atoms with Crippen LogP contribution in [0.1, 0.15) is 80.7 Å². The number of alkyl halides is 6. The molecule has 228 valence electrons. The van der Waals surface area contributed by atoms with Gasteiger partial charge in [-0.25, -0.2) is 0 Å². The molecule has 0 aromatic heterocycles. The quantitative estimate of drug-likeness (QED) is 0.323. The second-order valence-electron chi connectivity index (χ2n) is 12.2. The Balaban J connectivity index is 1.52. The van der Waals surface area contributed by atoms with E-state index in [4.69, 9.17) is 4.74 Å². The number of ether oxygens (including phenoxy) is 1. The molecule has 10 heteroatoms. The molecule has 1 atom stereocenters. The third-order valence-corrected chi connectivity index (χ3v) is 9.05. The Morgan fingerprint density at radius 3 is 1.88 bits per heavy atom.